The van der Waals surface area contributed by atoms with E-state index in [-0.39, 0.29) is 11.3 Å². The SMILES string of the molecule is C/C=C/C(=O)C1=C(OC)C(C)(/C=C/C=C/CC)OC1=O. The number of hydrogen-bond acceptors (Lipinski definition) is 4. The van der Waals surface area contributed by atoms with E-state index in [9.17, 15) is 9.59 Å². The smallest absolute Gasteiger partial charge is 0.347 e. The molecule has 0 aromatic heterocycles. The summed E-state index contributed by atoms with van der Waals surface area (Å²) in [5.74, 6) is -0.820. The van der Waals surface area contributed by atoms with Gasteiger partial charge in [-0.05, 0) is 32.4 Å². The second kappa shape index (κ2) is 6.89. The van der Waals surface area contributed by atoms with E-state index in [4.69, 9.17) is 9.47 Å². The minimum Gasteiger partial charge on any atom is -0.495 e. The third kappa shape index (κ3) is 3.26. The summed E-state index contributed by atoms with van der Waals surface area (Å²) in [6.07, 6.45) is 11.1. The van der Waals surface area contributed by atoms with E-state index in [1.54, 1.807) is 32.1 Å². The normalized spacial score (nSPS) is 23.3. The number of methoxy groups -OCH3 is 1. The van der Waals surface area contributed by atoms with Gasteiger partial charge in [-0.1, -0.05) is 31.2 Å². The van der Waals surface area contributed by atoms with Crippen LogP contribution in [-0.2, 0) is 19.1 Å². The van der Waals surface area contributed by atoms with Gasteiger partial charge in [0.1, 0.15) is 5.57 Å². The highest BCUT2D eigenvalue weighted by molar-refractivity contribution is 6.23. The molecule has 20 heavy (non-hydrogen) atoms. The molecule has 108 valence electrons. The van der Waals surface area contributed by atoms with Crippen molar-refractivity contribution in [1.29, 1.82) is 0 Å². The Morgan fingerprint density at radius 1 is 1.40 bits per heavy atom. The fraction of sp³-hybridized carbons (Fsp3) is 0.375. The van der Waals surface area contributed by atoms with E-state index in [0.29, 0.717) is 0 Å². The van der Waals surface area contributed by atoms with Gasteiger partial charge in [-0.25, -0.2) is 4.79 Å². The molecule has 1 atom stereocenters. The molecule has 0 bridgehead atoms. The predicted molar refractivity (Wildman–Crippen MR) is 76.9 cm³/mol. The molecule has 4 heteroatoms. The zero-order chi connectivity index (χ0) is 15.2. The van der Waals surface area contributed by atoms with Crippen LogP contribution in [0, 0.1) is 0 Å². The number of carbonyl (C=O) groups is 2. The van der Waals surface area contributed by atoms with Crippen molar-refractivity contribution in [1.82, 2.24) is 0 Å². The summed E-state index contributed by atoms with van der Waals surface area (Å²) in [6.45, 7) is 5.42. The summed E-state index contributed by atoms with van der Waals surface area (Å²) in [7, 11) is 1.42. The lowest BCUT2D eigenvalue weighted by Crippen LogP contribution is -2.25. The lowest BCUT2D eigenvalue weighted by Gasteiger charge is -2.21. The van der Waals surface area contributed by atoms with Crippen LogP contribution >= 0.6 is 0 Å². The highest BCUT2D eigenvalue weighted by atomic mass is 16.6. The first-order valence-electron chi connectivity index (χ1n) is 6.53. The summed E-state index contributed by atoms with van der Waals surface area (Å²) in [6, 6.07) is 0. The third-order valence-corrected chi connectivity index (χ3v) is 2.85. The van der Waals surface area contributed by atoms with Gasteiger partial charge in [0.25, 0.3) is 0 Å². The molecule has 1 heterocycles. The van der Waals surface area contributed by atoms with Crippen LogP contribution in [0.2, 0.25) is 0 Å². The molecular weight excluding hydrogens is 256 g/mol. The highest BCUT2D eigenvalue weighted by Crippen LogP contribution is 2.35. The summed E-state index contributed by atoms with van der Waals surface area (Å²) in [4.78, 5) is 23.8. The van der Waals surface area contributed by atoms with E-state index < -0.39 is 17.4 Å². The Labute approximate surface area is 119 Å². The van der Waals surface area contributed by atoms with Crippen molar-refractivity contribution in [3.05, 3.63) is 47.8 Å². The van der Waals surface area contributed by atoms with E-state index >= 15 is 0 Å². The maximum absolute atomic E-state index is 11.9. The Balaban J connectivity index is 3.17. The molecule has 0 amide bonds. The summed E-state index contributed by atoms with van der Waals surface area (Å²) >= 11 is 0. The monoisotopic (exact) mass is 276 g/mol. The van der Waals surface area contributed by atoms with Gasteiger partial charge < -0.3 is 9.47 Å². The highest BCUT2D eigenvalue weighted by Gasteiger charge is 2.45. The average Bonchev–Trinajstić information content (AvgIpc) is 2.66. The molecule has 0 saturated carbocycles. The Morgan fingerprint density at radius 3 is 2.65 bits per heavy atom. The number of carbonyl (C=O) groups excluding carboxylic acids is 2. The number of rotatable bonds is 6. The van der Waals surface area contributed by atoms with Gasteiger partial charge in [0.05, 0.1) is 7.11 Å². The maximum atomic E-state index is 11.9. The molecule has 0 aromatic rings. The van der Waals surface area contributed by atoms with Crippen LogP contribution in [0.5, 0.6) is 0 Å². The Morgan fingerprint density at radius 2 is 2.10 bits per heavy atom. The molecule has 0 aliphatic carbocycles. The number of cyclic esters (lactones) is 1. The number of ketones is 1. The molecule has 1 unspecified atom stereocenters. The van der Waals surface area contributed by atoms with Crippen molar-refractivity contribution in [3.63, 3.8) is 0 Å². The average molecular weight is 276 g/mol. The number of hydrogen-bond donors (Lipinski definition) is 0. The molecule has 0 spiro atoms. The van der Waals surface area contributed by atoms with E-state index in [1.807, 2.05) is 19.1 Å². The van der Waals surface area contributed by atoms with Crippen LogP contribution in [-0.4, -0.2) is 24.5 Å². The molecule has 0 saturated heterocycles. The summed E-state index contributed by atoms with van der Waals surface area (Å²) in [5.41, 5.74) is -1.09. The van der Waals surface area contributed by atoms with E-state index in [2.05, 4.69) is 0 Å². The van der Waals surface area contributed by atoms with Crippen molar-refractivity contribution >= 4 is 11.8 Å². The number of esters is 1. The Bertz CT molecular complexity index is 509. The molecule has 0 fully saturated rings. The van der Waals surface area contributed by atoms with Gasteiger partial charge in [0.15, 0.2) is 17.1 Å². The first-order chi connectivity index (χ1) is 9.50. The fourth-order valence-electron chi connectivity index (χ4n) is 1.95. The second-order valence-electron chi connectivity index (χ2n) is 4.46. The molecule has 0 radical (unpaired) electrons. The largest absolute Gasteiger partial charge is 0.495 e. The van der Waals surface area contributed by atoms with E-state index in [0.717, 1.165) is 6.42 Å². The van der Waals surface area contributed by atoms with Crippen molar-refractivity contribution in [2.24, 2.45) is 0 Å². The van der Waals surface area contributed by atoms with Gasteiger partial charge in [0, 0.05) is 0 Å². The molecule has 0 N–H and O–H groups in total. The zero-order valence-electron chi connectivity index (χ0n) is 12.3. The minimum absolute atomic E-state index is 0.0442. The van der Waals surface area contributed by atoms with Crippen LogP contribution in [0.15, 0.2) is 47.8 Å². The summed E-state index contributed by atoms with van der Waals surface area (Å²) < 4.78 is 10.5. The topological polar surface area (TPSA) is 52.6 Å². The number of ether oxygens (including phenoxy) is 2. The maximum Gasteiger partial charge on any atom is 0.347 e. The first kappa shape index (κ1) is 16.0. The standard InChI is InChI=1S/C16H20O4/c1-5-7-8-9-11-16(3)14(19-4)13(15(18)20-16)12(17)10-6-2/h6-11H,5H2,1-4H3/b8-7+,10-6+,11-9+. The third-order valence-electron chi connectivity index (χ3n) is 2.85. The quantitative estimate of drug-likeness (QED) is 0.324. The molecule has 0 aromatic carbocycles. The zero-order valence-corrected chi connectivity index (χ0v) is 12.3. The van der Waals surface area contributed by atoms with Gasteiger partial charge in [-0.15, -0.1) is 0 Å². The second-order valence-corrected chi connectivity index (χ2v) is 4.46. The molecule has 1 aliphatic heterocycles. The molecule has 4 nitrogen and oxygen atoms in total. The van der Waals surface area contributed by atoms with Gasteiger partial charge >= 0.3 is 5.97 Å². The Hall–Kier alpha value is -2.10. The molecular formula is C16H20O4. The molecule has 1 rings (SSSR count). The van der Waals surface area contributed by atoms with Gasteiger partial charge in [-0.2, -0.15) is 0 Å². The van der Waals surface area contributed by atoms with Crippen molar-refractivity contribution < 1.29 is 19.1 Å². The van der Waals surface area contributed by atoms with Crippen LogP contribution in [0.3, 0.4) is 0 Å². The van der Waals surface area contributed by atoms with Crippen LogP contribution in [0.4, 0.5) is 0 Å². The minimum atomic E-state index is -1.05. The van der Waals surface area contributed by atoms with Crippen molar-refractivity contribution in [3.8, 4) is 0 Å². The van der Waals surface area contributed by atoms with E-state index in [1.165, 1.54) is 13.2 Å². The van der Waals surface area contributed by atoms with Crippen LogP contribution in [0.25, 0.3) is 0 Å². The molecule has 1 aliphatic rings. The van der Waals surface area contributed by atoms with Crippen molar-refractivity contribution in [2.45, 2.75) is 32.8 Å². The van der Waals surface area contributed by atoms with Crippen LogP contribution in [0.1, 0.15) is 27.2 Å². The fourth-order valence-corrected chi connectivity index (χ4v) is 1.95. The first-order valence-corrected chi connectivity index (χ1v) is 6.53. The predicted octanol–water partition coefficient (Wildman–Crippen LogP) is 2.87. The number of allylic oxidation sites excluding steroid dienone is 5. The summed E-state index contributed by atoms with van der Waals surface area (Å²) in [5, 5.41) is 0. The Kier molecular flexibility index (Phi) is 5.50. The van der Waals surface area contributed by atoms with Gasteiger partial charge in [-0.3, -0.25) is 4.79 Å². The van der Waals surface area contributed by atoms with Gasteiger partial charge in [0.2, 0.25) is 0 Å². The van der Waals surface area contributed by atoms with Crippen molar-refractivity contribution in [2.75, 3.05) is 7.11 Å². The lowest BCUT2D eigenvalue weighted by molar-refractivity contribution is -0.144. The lowest BCUT2D eigenvalue weighted by atomic mass is 9.99. The van der Waals surface area contributed by atoms with Crippen LogP contribution < -0.4 is 0 Å².